The predicted octanol–water partition coefficient (Wildman–Crippen LogP) is 2.39. The smallest absolute Gasteiger partial charge is 0.332 e. The van der Waals surface area contributed by atoms with Gasteiger partial charge in [0.15, 0.2) is 6.10 Å². The number of esters is 1. The lowest BCUT2D eigenvalue weighted by Crippen LogP contribution is -2.61. The summed E-state index contributed by atoms with van der Waals surface area (Å²) in [6, 6.07) is 7.82. The first-order valence-corrected chi connectivity index (χ1v) is 14.8. The van der Waals surface area contributed by atoms with Gasteiger partial charge in [-0.25, -0.2) is 10.2 Å². The summed E-state index contributed by atoms with van der Waals surface area (Å²) in [6.07, 6.45) is 4.33. The van der Waals surface area contributed by atoms with Crippen molar-refractivity contribution < 1.29 is 33.4 Å². The largest absolute Gasteiger partial charge is 0.450 e. The van der Waals surface area contributed by atoms with E-state index in [2.05, 4.69) is 16.1 Å². The average Bonchev–Trinajstić information content (AvgIpc) is 3.01. The maximum atomic E-state index is 13.2. The molecule has 0 saturated carbocycles. The summed E-state index contributed by atoms with van der Waals surface area (Å²) < 4.78 is 16.2. The number of amides is 3. The van der Waals surface area contributed by atoms with Crippen molar-refractivity contribution in [3.05, 3.63) is 47.7 Å². The quantitative estimate of drug-likeness (QED) is 0.445. The zero-order valence-electron chi connectivity index (χ0n) is 25.1. The summed E-state index contributed by atoms with van der Waals surface area (Å²) in [7, 11) is 0. The normalized spacial score (nSPS) is 25.9. The molecule has 1 fully saturated rings. The first-order chi connectivity index (χ1) is 20.7. The van der Waals surface area contributed by atoms with E-state index in [9.17, 15) is 19.2 Å². The van der Waals surface area contributed by atoms with Gasteiger partial charge in [0.25, 0.3) is 11.8 Å². The highest BCUT2D eigenvalue weighted by molar-refractivity contribution is 5.91. The number of rotatable bonds is 2. The van der Waals surface area contributed by atoms with Gasteiger partial charge in [0.2, 0.25) is 5.91 Å². The van der Waals surface area contributed by atoms with Crippen molar-refractivity contribution in [2.75, 3.05) is 26.6 Å². The molecule has 2 aliphatic heterocycles. The number of carbonyl (C=O) groups excluding carboxylic acids is 4. The van der Waals surface area contributed by atoms with Gasteiger partial charge in [-0.15, -0.1) is 0 Å². The van der Waals surface area contributed by atoms with Crippen LogP contribution >= 0.6 is 0 Å². The van der Waals surface area contributed by atoms with Crippen LogP contribution in [0.4, 0.5) is 0 Å². The van der Waals surface area contributed by atoms with Crippen LogP contribution < -0.4 is 16.1 Å². The summed E-state index contributed by atoms with van der Waals surface area (Å²) in [5, 5.41) is 8.01. The van der Waals surface area contributed by atoms with E-state index < -0.39 is 42.6 Å². The molecule has 0 radical (unpaired) electrons. The molecule has 3 N–H and O–H groups in total. The molecular formula is C31H41N5O7. The number of hydrazine groups is 1. The van der Waals surface area contributed by atoms with Crippen LogP contribution in [0.15, 0.2) is 36.4 Å². The van der Waals surface area contributed by atoms with E-state index in [1.165, 1.54) is 5.01 Å². The Labute approximate surface area is 251 Å². The molecule has 232 valence electrons. The molecular weight excluding hydrogens is 554 g/mol. The van der Waals surface area contributed by atoms with Crippen LogP contribution in [0.1, 0.15) is 64.3 Å². The Morgan fingerprint density at radius 3 is 2.58 bits per heavy atom. The second-order valence-electron chi connectivity index (χ2n) is 11.0. The molecule has 2 aromatic rings. The summed E-state index contributed by atoms with van der Waals surface area (Å²) in [5.41, 5.74) is 5.44. The summed E-state index contributed by atoms with van der Waals surface area (Å²) >= 11 is 0. The first kappa shape index (κ1) is 32.1. The number of ether oxygens (including phenoxy) is 3. The fourth-order valence-corrected chi connectivity index (χ4v) is 4.91. The molecule has 2 aliphatic rings. The van der Waals surface area contributed by atoms with Crippen molar-refractivity contribution >= 4 is 40.7 Å². The number of pyridine rings is 1. The van der Waals surface area contributed by atoms with Gasteiger partial charge in [-0.2, -0.15) is 0 Å². The van der Waals surface area contributed by atoms with Crippen LogP contribution in [-0.2, 0) is 33.4 Å². The topological polar surface area (TPSA) is 148 Å². The Hall–Kier alpha value is -3.87. The average molecular weight is 596 g/mol. The standard InChI is InChI=1S/C31H41N5O7/c1-5-19(2)28-30(39)33-21(4)31(40)36-14-6-9-25(35-36)29(38)32-20(3)24-13-12-23-11-10-22(16-26(23)34-24)8-7-15-41-18-42-17-27(37)43-28/h7-8,10-13,16,19-21,25,28,35H,5-6,9,14-15,17-18H2,1-4H3,(H,32,38)(H,33,39). The van der Waals surface area contributed by atoms with Crippen LogP contribution in [0, 0.1) is 5.92 Å². The van der Waals surface area contributed by atoms with Gasteiger partial charge in [0, 0.05) is 17.8 Å². The van der Waals surface area contributed by atoms with Crippen molar-refractivity contribution in [3.8, 4) is 0 Å². The van der Waals surface area contributed by atoms with Crippen molar-refractivity contribution in [1.29, 1.82) is 0 Å². The monoisotopic (exact) mass is 595 g/mol. The highest BCUT2D eigenvalue weighted by atomic mass is 16.7. The molecule has 5 atom stereocenters. The molecule has 3 heterocycles. The molecule has 1 aromatic carbocycles. The van der Waals surface area contributed by atoms with Crippen molar-refractivity contribution in [2.45, 2.75) is 71.2 Å². The van der Waals surface area contributed by atoms with Crippen molar-refractivity contribution in [3.63, 3.8) is 0 Å². The lowest BCUT2D eigenvalue weighted by atomic mass is 10.0. The van der Waals surface area contributed by atoms with E-state index in [1.54, 1.807) is 13.8 Å². The minimum atomic E-state index is -1.10. The fraction of sp³-hybridized carbons (Fsp3) is 0.516. The number of hydrogen-bond donors (Lipinski definition) is 3. The third-order valence-electron chi connectivity index (χ3n) is 7.63. The highest BCUT2D eigenvalue weighted by Crippen LogP contribution is 2.20. The first-order valence-electron chi connectivity index (χ1n) is 14.8. The Morgan fingerprint density at radius 2 is 1.79 bits per heavy atom. The predicted molar refractivity (Wildman–Crippen MR) is 159 cm³/mol. The summed E-state index contributed by atoms with van der Waals surface area (Å²) in [6.45, 7) is 7.19. The number of carbonyl (C=O) groups is 4. The van der Waals surface area contributed by atoms with E-state index in [-0.39, 0.29) is 31.3 Å². The lowest BCUT2D eigenvalue weighted by Gasteiger charge is -2.35. The van der Waals surface area contributed by atoms with Gasteiger partial charge in [0.05, 0.1) is 23.9 Å². The molecule has 1 aromatic heterocycles. The zero-order chi connectivity index (χ0) is 30.9. The molecule has 3 amide bonds. The number of benzene rings is 1. The number of aromatic nitrogens is 1. The van der Waals surface area contributed by atoms with Gasteiger partial charge >= 0.3 is 5.97 Å². The molecule has 1 saturated heterocycles. The second-order valence-corrected chi connectivity index (χ2v) is 11.0. The van der Waals surface area contributed by atoms with Crippen LogP contribution in [0.5, 0.6) is 0 Å². The van der Waals surface area contributed by atoms with Crippen LogP contribution in [0.25, 0.3) is 17.0 Å². The van der Waals surface area contributed by atoms with E-state index in [4.69, 9.17) is 19.2 Å². The maximum Gasteiger partial charge on any atom is 0.332 e. The number of nitrogens with zero attached hydrogens (tertiary/aromatic N) is 2. The van der Waals surface area contributed by atoms with E-state index in [1.807, 2.05) is 56.3 Å². The van der Waals surface area contributed by atoms with Crippen molar-refractivity contribution in [2.24, 2.45) is 5.92 Å². The molecule has 5 bridgehead atoms. The number of fused-ring (bicyclic) bond motifs is 4. The van der Waals surface area contributed by atoms with E-state index in [0.29, 0.717) is 31.5 Å². The Kier molecular flexibility index (Phi) is 11.2. The van der Waals surface area contributed by atoms with Gasteiger partial charge in [-0.05, 0) is 50.8 Å². The molecule has 5 unspecified atom stereocenters. The van der Waals surface area contributed by atoms with Gasteiger partial charge < -0.3 is 24.8 Å². The zero-order valence-corrected chi connectivity index (χ0v) is 25.1. The summed E-state index contributed by atoms with van der Waals surface area (Å²) in [5.74, 6) is -2.25. The number of hydrogen-bond acceptors (Lipinski definition) is 9. The Morgan fingerprint density at radius 1 is 1.02 bits per heavy atom. The number of cyclic esters (lactones) is 1. The van der Waals surface area contributed by atoms with Crippen molar-refractivity contribution in [1.82, 2.24) is 26.1 Å². The van der Waals surface area contributed by atoms with Gasteiger partial charge in [-0.3, -0.25) is 24.4 Å². The molecule has 12 heteroatoms. The van der Waals surface area contributed by atoms with Gasteiger partial charge in [0.1, 0.15) is 25.5 Å². The second kappa shape index (κ2) is 15.0. The van der Waals surface area contributed by atoms with Crippen LogP contribution in [0.3, 0.4) is 0 Å². The minimum absolute atomic E-state index is 0.138. The Bertz CT molecular complexity index is 1350. The van der Waals surface area contributed by atoms with E-state index >= 15 is 0 Å². The molecule has 43 heavy (non-hydrogen) atoms. The third-order valence-corrected chi connectivity index (χ3v) is 7.63. The molecule has 4 rings (SSSR count). The summed E-state index contributed by atoms with van der Waals surface area (Å²) in [4.78, 5) is 56.8. The molecule has 0 spiro atoms. The number of nitrogens with one attached hydrogen (secondary N) is 3. The SMILES string of the molecule is CCC(C)C1OC(=O)COCOCC=Cc2ccc3ccc(nc3c2)C(C)NC(=O)C2CCCN(N2)C(=O)C(C)NC1=O. The Balaban J connectivity index is 1.54. The molecule has 0 aliphatic carbocycles. The lowest BCUT2D eigenvalue weighted by molar-refractivity contribution is -0.167. The highest BCUT2D eigenvalue weighted by Gasteiger charge is 2.34. The van der Waals surface area contributed by atoms with E-state index in [0.717, 1.165) is 16.5 Å². The molecule has 12 nitrogen and oxygen atoms in total. The fourth-order valence-electron chi connectivity index (χ4n) is 4.91. The third kappa shape index (κ3) is 8.59. The van der Waals surface area contributed by atoms with Crippen LogP contribution in [-0.4, -0.2) is 78.4 Å². The van der Waals surface area contributed by atoms with Crippen LogP contribution in [0.2, 0.25) is 0 Å². The minimum Gasteiger partial charge on any atom is -0.450 e. The maximum absolute atomic E-state index is 13.2. The van der Waals surface area contributed by atoms with Gasteiger partial charge in [-0.1, -0.05) is 44.2 Å².